The van der Waals surface area contributed by atoms with E-state index >= 15 is 0 Å². The molecular weight excluding hydrogens is 449 g/mol. The Kier molecular flexibility index (Phi) is 6.36. The van der Waals surface area contributed by atoms with E-state index in [1.54, 1.807) is 28.8 Å². The van der Waals surface area contributed by atoms with Crippen LogP contribution in [-0.2, 0) is 10.0 Å². The number of rotatable bonds is 8. The normalized spacial score (nSPS) is 11.6. The van der Waals surface area contributed by atoms with Crippen LogP contribution in [0.4, 0.5) is 5.82 Å². The third-order valence-electron chi connectivity index (χ3n) is 4.74. The standard InChI is InChI=1S/C21H19BClN5O3S/c1-31-14-6-8-15(9-7-14)32(29,30)26-11-10-24-20-12-19(16-4-2-3-5-18(16)23)27-21-17(22)13-25-28(20)21/h2-9,12-13,24,26H,10-11H2,1H3. The quantitative estimate of drug-likeness (QED) is 0.305. The van der Waals surface area contributed by atoms with E-state index in [0.717, 1.165) is 5.56 Å². The lowest BCUT2D eigenvalue weighted by molar-refractivity contribution is 0.414. The smallest absolute Gasteiger partial charge is 0.240 e. The Morgan fingerprint density at radius 1 is 1.12 bits per heavy atom. The van der Waals surface area contributed by atoms with Gasteiger partial charge in [-0.15, -0.1) is 0 Å². The average molecular weight is 468 g/mol. The number of methoxy groups -OCH3 is 1. The van der Waals surface area contributed by atoms with E-state index in [9.17, 15) is 8.42 Å². The van der Waals surface area contributed by atoms with E-state index in [0.29, 0.717) is 39.9 Å². The summed E-state index contributed by atoms with van der Waals surface area (Å²) in [7, 11) is 3.89. The summed E-state index contributed by atoms with van der Waals surface area (Å²) in [5.74, 6) is 1.19. The van der Waals surface area contributed by atoms with E-state index in [2.05, 4.69) is 20.1 Å². The molecule has 0 bridgehead atoms. The number of halogens is 1. The molecule has 32 heavy (non-hydrogen) atoms. The van der Waals surface area contributed by atoms with Crippen molar-refractivity contribution in [3.63, 3.8) is 0 Å². The number of hydrogen-bond acceptors (Lipinski definition) is 6. The zero-order valence-electron chi connectivity index (χ0n) is 17.1. The van der Waals surface area contributed by atoms with Gasteiger partial charge in [0.2, 0.25) is 10.0 Å². The molecule has 2 heterocycles. The molecule has 0 fully saturated rings. The number of nitrogens with one attached hydrogen (secondary N) is 2. The molecular formula is C21H19BClN5O3S. The van der Waals surface area contributed by atoms with Crippen LogP contribution in [0, 0.1) is 0 Å². The van der Waals surface area contributed by atoms with Gasteiger partial charge in [-0.1, -0.05) is 29.8 Å². The van der Waals surface area contributed by atoms with Crippen LogP contribution in [-0.4, -0.2) is 51.1 Å². The Morgan fingerprint density at radius 2 is 1.88 bits per heavy atom. The van der Waals surface area contributed by atoms with E-state index in [1.165, 1.54) is 25.4 Å². The van der Waals surface area contributed by atoms with E-state index < -0.39 is 10.0 Å². The molecule has 0 unspecified atom stereocenters. The molecule has 2 radical (unpaired) electrons. The maximum Gasteiger partial charge on any atom is 0.240 e. The van der Waals surface area contributed by atoms with Gasteiger partial charge in [0.05, 0.1) is 17.7 Å². The lowest BCUT2D eigenvalue weighted by Crippen LogP contribution is -2.29. The first-order chi connectivity index (χ1) is 15.4. The molecule has 0 aliphatic carbocycles. The molecule has 0 saturated heterocycles. The Labute approximate surface area is 192 Å². The second-order valence-corrected chi connectivity index (χ2v) is 9.02. The highest BCUT2D eigenvalue weighted by molar-refractivity contribution is 7.89. The molecule has 0 spiro atoms. The first-order valence-electron chi connectivity index (χ1n) is 9.66. The lowest BCUT2D eigenvalue weighted by Gasteiger charge is -2.12. The molecule has 0 amide bonds. The van der Waals surface area contributed by atoms with Crippen molar-refractivity contribution in [1.82, 2.24) is 19.3 Å². The summed E-state index contributed by atoms with van der Waals surface area (Å²) < 4.78 is 34.2. The van der Waals surface area contributed by atoms with Crippen molar-refractivity contribution in [3.05, 3.63) is 65.8 Å². The number of hydrogen-bond donors (Lipinski definition) is 2. The maximum absolute atomic E-state index is 12.5. The second-order valence-electron chi connectivity index (χ2n) is 6.84. The molecule has 2 N–H and O–H groups in total. The lowest BCUT2D eigenvalue weighted by atomic mass is 10.0. The summed E-state index contributed by atoms with van der Waals surface area (Å²) in [4.78, 5) is 4.73. The zero-order valence-corrected chi connectivity index (χ0v) is 18.7. The number of anilines is 1. The Balaban J connectivity index is 1.51. The predicted octanol–water partition coefficient (Wildman–Crippen LogP) is 2.24. The predicted molar refractivity (Wildman–Crippen MR) is 125 cm³/mol. The molecule has 2 aromatic heterocycles. The van der Waals surface area contributed by atoms with E-state index in [1.807, 2.05) is 18.2 Å². The van der Waals surface area contributed by atoms with E-state index in [-0.39, 0.29) is 11.4 Å². The van der Waals surface area contributed by atoms with Crippen molar-refractivity contribution in [2.75, 3.05) is 25.5 Å². The van der Waals surface area contributed by atoms with Crippen LogP contribution >= 0.6 is 11.6 Å². The van der Waals surface area contributed by atoms with Crippen LogP contribution in [0.2, 0.25) is 5.02 Å². The molecule has 11 heteroatoms. The monoisotopic (exact) mass is 467 g/mol. The number of fused-ring (bicyclic) bond motifs is 1. The summed E-state index contributed by atoms with van der Waals surface area (Å²) in [5, 5.41) is 7.99. The first kappa shape index (κ1) is 22.1. The number of aromatic nitrogens is 3. The van der Waals surface area contributed by atoms with Gasteiger partial charge < -0.3 is 10.1 Å². The molecule has 4 aromatic rings. The van der Waals surface area contributed by atoms with Gasteiger partial charge >= 0.3 is 0 Å². The van der Waals surface area contributed by atoms with Gasteiger partial charge in [-0.2, -0.15) is 9.61 Å². The molecule has 8 nitrogen and oxygen atoms in total. The Bertz CT molecular complexity index is 1360. The third kappa shape index (κ3) is 4.57. The summed E-state index contributed by atoms with van der Waals surface area (Å²) in [6, 6.07) is 15.3. The van der Waals surface area contributed by atoms with Gasteiger partial charge in [0.15, 0.2) is 5.65 Å². The number of sulfonamides is 1. The van der Waals surface area contributed by atoms with Gasteiger partial charge in [0.1, 0.15) is 19.4 Å². The van der Waals surface area contributed by atoms with Crippen molar-refractivity contribution >= 4 is 46.4 Å². The third-order valence-corrected chi connectivity index (χ3v) is 6.55. The van der Waals surface area contributed by atoms with Crippen LogP contribution < -0.4 is 20.2 Å². The SMILES string of the molecule is [B]c1cnn2c(NCCNS(=O)(=O)c3ccc(OC)cc3)cc(-c3ccccc3Cl)nc12. The largest absolute Gasteiger partial charge is 0.497 e. The zero-order chi connectivity index (χ0) is 22.7. The van der Waals surface area contributed by atoms with Gasteiger partial charge in [-0.25, -0.2) is 18.1 Å². The highest BCUT2D eigenvalue weighted by atomic mass is 35.5. The highest BCUT2D eigenvalue weighted by Gasteiger charge is 2.15. The molecule has 2 aromatic carbocycles. The van der Waals surface area contributed by atoms with E-state index in [4.69, 9.17) is 24.2 Å². The number of ether oxygens (including phenoxy) is 1. The fourth-order valence-electron chi connectivity index (χ4n) is 3.13. The van der Waals surface area contributed by atoms with Crippen molar-refractivity contribution in [2.24, 2.45) is 0 Å². The topological polar surface area (TPSA) is 97.6 Å². The molecule has 0 saturated carbocycles. The minimum absolute atomic E-state index is 0.149. The first-order valence-corrected chi connectivity index (χ1v) is 11.5. The number of benzene rings is 2. The minimum Gasteiger partial charge on any atom is -0.497 e. The maximum atomic E-state index is 12.5. The van der Waals surface area contributed by atoms with Gasteiger partial charge in [0, 0.05) is 35.9 Å². The fourth-order valence-corrected chi connectivity index (χ4v) is 4.39. The summed E-state index contributed by atoms with van der Waals surface area (Å²) in [6.07, 6.45) is 1.51. The Morgan fingerprint density at radius 3 is 2.59 bits per heavy atom. The fraction of sp³-hybridized carbons (Fsp3) is 0.143. The van der Waals surface area contributed by atoms with Gasteiger partial charge in [-0.05, 0) is 35.8 Å². The molecule has 0 aliphatic heterocycles. The second kappa shape index (κ2) is 9.19. The summed E-state index contributed by atoms with van der Waals surface area (Å²) in [6.45, 7) is 0.451. The summed E-state index contributed by atoms with van der Waals surface area (Å²) >= 11 is 6.33. The van der Waals surface area contributed by atoms with Crippen molar-refractivity contribution in [1.29, 1.82) is 0 Å². The highest BCUT2D eigenvalue weighted by Crippen LogP contribution is 2.28. The molecule has 162 valence electrons. The van der Waals surface area contributed by atoms with Crippen LogP contribution in [0.25, 0.3) is 16.9 Å². The van der Waals surface area contributed by atoms with Crippen LogP contribution in [0.15, 0.2) is 65.7 Å². The van der Waals surface area contributed by atoms with Gasteiger partial charge in [0.25, 0.3) is 0 Å². The average Bonchev–Trinajstić information content (AvgIpc) is 3.18. The van der Waals surface area contributed by atoms with Crippen molar-refractivity contribution in [2.45, 2.75) is 4.90 Å². The molecule has 4 rings (SSSR count). The molecule has 0 aliphatic rings. The van der Waals surface area contributed by atoms with Crippen molar-refractivity contribution in [3.8, 4) is 17.0 Å². The summed E-state index contributed by atoms with van der Waals surface area (Å²) in [5.41, 5.74) is 2.27. The molecule has 0 atom stereocenters. The van der Waals surface area contributed by atoms with Crippen molar-refractivity contribution < 1.29 is 13.2 Å². The van der Waals surface area contributed by atoms with Crippen LogP contribution in [0.5, 0.6) is 5.75 Å². The number of nitrogens with zero attached hydrogens (tertiary/aromatic N) is 3. The van der Waals surface area contributed by atoms with Gasteiger partial charge in [-0.3, -0.25) is 0 Å². The van der Waals surface area contributed by atoms with Crippen LogP contribution in [0.3, 0.4) is 0 Å². The Hall–Kier alpha value is -3.08. The van der Waals surface area contributed by atoms with Crippen LogP contribution in [0.1, 0.15) is 0 Å². The minimum atomic E-state index is -3.65.